The molecule has 8 heteroatoms. The number of carbonyl (C=O) groups is 2. The first-order valence-electron chi connectivity index (χ1n) is 7.83. The molecule has 1 saturated carbocycles. The van der Waals surface area contributed by atoms with Crippen molar-refractivity contribution in [1.29, 1.82) is 5.26 Å². The molecule has 1 fully saturated rings. The highest BCUT2D eigenvalue weighted by Crippen LogP contribution is 2.32. The van der Waals surface area contributed by atoms with E-state index < -0.39 is 41.3 Å². The summed E-state index contributed by atoms with van der Waals surface area (Å²) in [5.41, 5.74) is -2.78. The molecule has 2 rings (SSSR count). The van der Waals surface area contributed by atoms with Gasteiger partial charge in [-0.1, -0.05) is 31.4 Å². The molecule has 0 saturated heterocycles. The maximum absolute atomic E-state index is 12.9. The highest BCUT2D eigenvalue weighted by Gasteiger charge is 2.36. The van der Waals surface area contributed by atoms with E-state index in [0.717, 1.165) is 37.5 Å². The summed E-state index contributed by atoms with van der Waals surface area (Å²) in [6, 6.07) is 6.26. The van der Waals surface area contributed by atoms with E-state index in [-0.39, 0.29) is 0 Å². The van der Waals surface area contributed by atoms with Crippen molar-refractivity contribution in [2.45, 2.75) is 43.8 Å². The lowest BCUT2D eigenvalue weighted by atomic mass is 9.83. The molecule has 1 aromatic carbocycles. The summed E-state index contributed by atoms with van der Waals surface area (Å²) >= 11 is 0. The Bertz CT molecular complexity index is 689. The van der Waals surface area contributed by atoms with Gasteiger partial charge in [0.05, 0.1) is 17.2 Å². The fourth-order valence-corrected chi connectivity index (χ4v) is 2.84. The molecule has 1 aliphatic carbocycles. The van der Waals surface area contributed by atoms with Gasteiger partial charge < -0.3 is 10.1 Å². The van der Waals surface area contributed by atoms with E-state index in [1.807, 2.05) is 0 Å². The number of rotatable bonds is 4. The number of nitrogens with one attached hydrogen (secondary N) is 1. The van der Waals surface area contributed by atoms with Gasteiger partial charge in [0.25, 0.3) is 5.91 Å². The van der Waals surface area contributed by atoms with Crippen molar-refractivity contribution in [3.05, 3.63) is 35.4 Å². The lowest BCUT2D eigenvalue weighted by molar-refractivity contribution is -0.138. The molecule has 25 heavy (non-hydrogen) atoms. The molecule has 0 spiro atoms. The second kappa shape index (κ2) is 7.55. The van der Waals surface area contributed by atoms with Gasteiger partial charge in [-0.05, 0) is 25.0 Å². The number of nitrogens with zero attached hydrogens (tertiary/aromatic N) is 1. The molecule has 0 unspecified atom stereocenters. The monoisotopic (exact) mass is 354 g/mol. The van der Waals surface area contributed by atoms with E-state index in [2.05, 4.69) is 11.4 Å². The summed E-state index contributed by atoms with van der Waals surface area (Å²) in [6.07, 6.45) is -1.13. The Hall–Kier alpha value is -2.56. The SMILES string of the molecule is N#CC1(NC(=O)COC(=O)c2ccccc2C(F)(F)F)CCCCC1. The zero-order valence-corrected chi connectivity index (χ0v) is 13.4. The van der Waals surface area contributed by atoms with Crippen molar-refractivity contribution in [1.82, 2.24) is 5.32 Å². The fraction of sp³-hybridized carbons (Fsp3) is 0.471. The molecule has 0 radical (unpaired) electrons. The number of hydrogen-bond donors (Lipinski definition) is 1. The van der Waals surface area contributed by atoms with Crippen LogP contribution in [0.4, 0.5) is 13.2 Å². The van der Waals surface area contributed by atoms with E-state index in [4.69, 9.17) is 4.74 Å². The molecular weight excluding hydrogens is 337 g/mol. The van der Waals surface area contributed by atoms with Crippen LogP contribution in [-0.4, -0.2) is 24.0 Å². The van der Waals surface area contributed by atoms with Crippen LogP contribution in [0.15, 0.2) is 24.3 Å². The first-order chi connectivity index (χ1) is 11.8. The van der Waals surface area contributed by atoms with E-state index in [9.17, 15) is 28.0 Å². The third-order valence-corrected chi connectivity index (χ3v) is 4.09. The second-order valence-electron chi connectivity index (χ2n) is 5.92. The quantitative estimate of drug-likeness (QED) is 0.842. The Balaban J connectivity index is 1.99. The summed E-state index contributed by atoms with van der Waals surface area (Å²) < 4.78 is 43.4. The van der Waals surface area contributed by atoms with Gasteiger partial charge in [0.2, 0.25) is 0 Å². The number of nitriles is 1. The normalized spacial score (nSPS) is 16.6. The highest BCUT2D eigenvalue weighted by molar-refractivity contribution is 5.93. The van der Waals surface area contributed by atoms with Crippen molar-refractivity contribution in [2.75, 3.05) is 6.61 Å². The number of alkyl halides is 3. The van der Waals surface area contributed by atoms with Crippen molar-refractivity contribution in [3.63, 3.8) is 0 Å². The van der Waals surface area contributed by atoms with Crippen LogP contribution >= 0.6 is 0 Å². The average Bonchev–Trinajstić information content (AvgIpc) is 2.59. The average molecular weight is 354 g/mol. The standard InChI is InChI=1S/C17H17F3N2O3/c18-17(19,20)13-7-3-2-6-12(13)15(24)25-10-14(23)22-16(11-21)8-4-1-5-9-16/h2-3,6-7H,1,4-5,8-10H2,(H,22,23). The largest absolute Gasteiger partial charge is 0.452 e. The van der Waals surface area contributed by atoms with Crippen LogP contribution in [0.1, 0.15) is 48.0 Å². The zero-order chi connectivity index (χ0) is 18.5. The molecule has 0 aliphatic heterocycles. The van der Waals surface area contributed by atoms with Gasteiger partial charge in [0, 0.05) is 0 Å². The summed E-state index contributed by atoms with van der Waals surface area (Å²) in [5.74, 6) is -1.95. The number of amides is 1. The fourth-order valence-electron chi connectivity index (χ4n) is 2.84. The van der Waals surface area contributed by atoms with E-state index >= 15 is 0 Å². The van der Waals surface area contributed by atoms with E-state index in [0.29, 0.717) is 12.8 Å². The van der Waals surface area contributed by atoms with Gasteiger partial charge in [-0.3, -0.25) is 4.79 Å². The molecule has 0 heterocycles. The van der Waals surface area contributed by atoms with Crippen molar-refractivity contribution >= 4 is 11.9 Å². The molecule has 0 atom stereocenters. The predicted octanol–water partition coefficient (Wildman–Crippen LogP) is 3.20. The van der Waals surface area contributed by atoms with Gasteiger partial charge in [0.1, 0.15) is 5.54 Å². The molecule has 134 valence electrons. The first-order valence-corrected chi connectivity index (χ1v) is 7.83. The van der Waals surface area contributed by atoms with Crippen LogP contribution < -0.4 is 5.32 Å². The number of hydrogen-bond acceptors (Lipinski definition) is 4. The number of halogens is 3. The van der Waals surface area contributed by atoms with E-state index in [1.165, 1.54) is 6.07 Å². The lowest BCUT2D eigenvalue weighted by Gasteiger charge is -2.31. The molecule has 1 aromatic rings. The van der Waals surface area contributed by atoms with Crippen molar-refractivity contribution < 1.29 is 27.5 Å². The summed E-state index contributed by atoms with van der Waals surface area (Å²) in [5, 5.41) is 11.8. The van der Waals surface area contributed by atoms with Crippen LogP contribution in [-0.2, 0) is 15.7 Å². The van der Waals surface area contributed by atoms with Gasteiger partial charge in [-0.15, -0.1) is 0 Å². The minimum atomic E-state index is -4.70. The third-order valence-electron chi connectivity index (χ3n) is 4.09. The van der Waals surface area contributed by atoms with Gasteiger partial charge in [-0.25, -0.2) is 4.79 Å². The number of benzene rings is 1. The minimum Gasteiger partial charge on any atom is -0.452 e. The molecule has 1 N–H and O–H groups in total. The maximum atomic E-state index is 12.9. The van der Waals surface area contributed by atoms with Crippen LogP contribution in [0, 0.1) is 11.3 Å². The topological polar surface area (TPSA) is 79.2 Å². The molecular formula is C17H17F3N2O3. The summed E-state index contributed by atoms with van der Waals surface area (Å²) in [6.45, 7) is -0.742. The Morgan fingerprint density at radius 3 is 2.44 bits per heavy atom. The number of ether oxygens (including phenoxy) is 1. The highest BCUT2D eigenvalue weighted by atomic mass is 19.4. The Kier molecular flexibility index (Phi) is 5.67. The molecule has 5 nitrogen and oxygen atoms in total. The Morgan fingerprint density at radius 1 is 1.20 bits per heavy atom. The van der Waals surface area contributed by atoms with Crippen LogP contribution in [0.5, 0.6) is 0 Å². The molecule has 0 bridgehead atoms. The summed E-state index contributed by atoms with van der Waals surface area (Å²) in [7, 11) is 0. The molecule has 0 aromatic heterocycles. The van der Waals surface area contributed by atoms with Gasteiger partial charge in [0.15, 0.2) is 6.61 Å². The summed E-state index contributed by atoms with van der Waals surface area (Å²) in [4.78, 5) is 23.8. The molecule has 1 aliphatic rings. The van der Waals surface area contributed by atoms with Crippen LogP contribution in [0.2, 0.25) is 0 Å². The zero-order valence-electron chi connectivity index (χ0n) is 13.4. The van der Waals surface area contributed by atoms with Crippen LogP contribution in [0.3, 0.4) is 0 Å². The van der Waals surface area contributed by atoms with Gasteiger partial charge in [-0.2, -0.15) is 18.4 Å². The maximum Gasteiger partial charge on any atom is 0.417 e. The smallest absolute Gasteiger partial charge is 0.417 e. The van der Waals surface area contributed by atoms with E-state index in [1.54, 1.807) is 0 Å². The third kappa shape index (κ3) is 4.72. The van der Waals surface area contributed by atoms with Crippen molar-refractivity contribution in [3.8, 4) is 6.07 Å². The van der Waals surface area contributed by atoms with Crippen molar-refractivity contribution in [2.24, 2.45) is 0 Å². The second-order valence-corrected chi connectivity index (χ2v) is 5.92. The Labute approximate surface area is 142 Å². The minimum absolute atomic E-state index is 0.500. The lowest BCUT2D eigenvalue weighted by Crippen LogP contribution is -2.50. The number of carbonyl (C=O) groups excluding carboxylic acids is 2. The first kappa shape index (κ1) is 18.8. The molecule has 1 amide bonds. The number of esters is 1. The van der Waals surface area contributed by atoms with Gasteiger partial charge >= 0.3 is 12.1 Å². The van der Waals surface area contributed by atoms with Crippen LogP contribution in [0.25, 0.3) is 0 Å². The Morgan fingerprint density at radius 2 is 1.84 bits per heavy atom. The predicted molar refractivity (Wildman–Crippen MR) is 81.3 cm³/mol.